The van der Waals surface area contributed by atoms with Crippen LogP contribution in [0.3, 0.4) is 0 Å². The van der Waals surface area contributed by atoms with Crippen LogP contribution in [0, 0.1) is 5.82 Å². The van der Waals surface area contributed by atoms with Gasteiger partial charge in [0.25, 0.3) is 0 Å². The molecule has 0 bridgehead atoms. The lowest BCUT2D eigenvalue weighted by Crippen LogP contribution is -2.30. The second kappa shape index (κ2) is 6.62. The van der Waals surface area contributed by atoms with Gasteiger partial charge in [0, 0.05) is 19.0 Å². The third kappa shape index (κ3) is 2.93. The first-order valence-corrected chi connectivity index (χ1v) is 9.20. The highest BCUT2D eigenvalue weighted by molar-refractivity contribution is 5.75. The first-order chi connectivity index (χ1) is 13.6. The van der Waals surface area contributed by atoms with Crippen molar-refractivity contribution in [2.24, 2.45) is 0 Å². The van der Waals surface area contributed by atoms with Crippen molar-refractivity contribution in [2.45, 2.75) is 31.0 Å². The standard InChI is InChI=1S/C18H19F2N7O/c1-28-14-8-27-17(25-15(14)9-2-3-9)10(4-23-27)16-12(20)6-22-18(26-16)24-13-7-21-5-11(13)19/h4,6,8-9,11,13,21H,2-3,5,7H2,1H3,(H,22,24,26). The first-order valence-electron chi connectivity index (χ1n) is 9.20. The molecule has 3 aromatic rings. The lowest BCUT2D eigenvalue weighted by molar-refractivity contribution is 0.342. The maximum absolute atomic E-state index is 14.5. The zero-order valence-electron chi connectivity index (χ0n) is 15.2. The lowest BCUT2D eigenvalue weighted by Gasteiger charge is -2.14. The molecule has 2 aliphatic rings. The maximum atomic E-state index is 14.5. The number of methoxy groups -OCH3 is 1. The number of hydrogen-bond donors (Lipinski definition) is 2. The van der Waals surface area contributed by atoms with Gasteiger partial charge in [0.1, 0.15) is 11.9 Å². The van der Waals surface area contributed by atoms with Crippen LogP contribution in [-0.2, 0) is 0 Å². The van der Waals surface area contributed by atoms with Gasteiger partial charge in [0.05, 0.1) is 43.0 Å². The summed E-state index contributed by atoms with van der Waals surface area (Å²) in [5.41, 5.74) is 1.88. The van der Waals surface area contributed by atoms with E-state index in [4.69, 9.17) is 4.74 Å². The average Bonchev–Trinajstić information content (AvgIpc) is 3.35. The lowest BCUT2D eigenvalue weighted by atomic mass is 10.2. The Kier molecular flexibility index (Phi) is 4.08. The molecule has 3 aromatic heterocycles. The van der Waals surface area contributed by atoms with Crippen molar-refractivity contribution in [3.05, 3.63) is 30.1 Å². The van der Waals surface area contributed by atoms with Gasteiger partial charge in [0.15, 0.2) is 17.2 Å². The Bertz CT molecular complexity index is 1040. The Morgan fingerprint density at radius 1 is 1.25 bits per heavy atom. The minimum absolute atomic E-state index is 0.0771. The van der Waals surface area contributed by atoms with Gasteiger partial charge in [-0.25, -0.2) is 28.2 Å². The first kappa shape index (κ1) is 17.2. The quantitative estimate of drug-likeness (QED) is 0.691. The minimum atomic E-state index is -1.05. The summed E-state index contributed by atoms with van der Waals surface area (Å²) in [6.45, 7) is 0.732. The van der Waals surface area contributed by atoms with Crippen molar-refractivity contribution in [1.82, 2.24) is 29.9 Å². The van der Waals surface area contributed by atoms with Crippen LogP contribution < -0.4 is 15.4 Å². The van der Waals surface area contributed by atoms with E-state index in [-0.39, 0.29) is 18.2 Å². The molecule has 4 heterocycles. The van der Waals surface area contributed by atoms with E-state index in [1.807, 2.05) is 0 Å². The van der Waals surface area contributed by atoms with Gasteiger partial charge in [-0.05, 0) is 12.8 Å². The fourth-order valence-corrected chi connectivity index (χ4v) is 3.46. The zero-order chi connectivity index (χ0) is 19.3. The number of halogens is 2. The van der Waals surface area contributed by atoms with Crippen molar-refractivity contribution in [3.63, 3.8) is 0 Å². The summed E-state index contributed by atoms with van der Waals surface area (Å²) in [6, 6.07) is -0.453. The van der Waals surface area contributed by atoms with Gasteiger partial charge in [-0.1, -0.05) is 0 Å². The number of aromatic nitrogens is 5. The zero-order valence-corrected chi connectivity index (χ0v) is 15.2. The highest BCUT2D eigenvalue weighted by atomic mass is 19.1. The van der Waals surface area contributed by atoms with E-state index in [1.54, 1.807) is 17.8 Å². The number of rotatable bonds is 5. The largest absolute Gasteiger partial charge is 0.493 e. The van der Waals surface area contributed by atoms with E-state index in [0.29, 0.717) is 29.4 Å². The molecule has 2 unspecified atom stereocenters. The molecule has 2 N–H and O–H groups in total. The highest BCUT2D eigenvalue weighted by Crippen LogP contribution is 2.43. The number of ether oxygens (including phenoxy) is 1. The Morgan fingerprint density at radius 2 is 2.11 bits per heavy atom. The van der Waals surface area contributed by atoms with Crippen LogP contribution in [0.2, 0.25) is 0 Å². The molecule has 1 saturated carbocycles. The van der Waals surface area contributed by atoms with Gasteiger partial charge in [-0.3, -0.25) is 0 Å². The molecule has 146 valence electrons. The molecule has 2 atom stereocenters. The number of hydrogen-bond acceptors (Lipinski definition) is 7. The van der Waals surface area contributed by atoms with Crippen LogP contribution in [0.15, 0.2) is 18.6 Å². The molecule has 0 amide bonds. The molecule has 28 heavy (non-hydrogen) atoms. The molecule has 0 radical (unpaired) electrons. The van der Waals surface area contributed by atoms with E-state index in [9.17, 15) is 8.78 Å². The minimum Gasteiger partial charge on any atom is -0.493 e. The normalized spacial score (nSPS) is 22.0. The summed E-state index contributed by atoms with van der Waals surface area (Å²) in [5, 5.41) is 10.2. The molecule has 2 fully saturated rings. The van der Waals surface area contributed by atoms with Crippen molar-refractivity contribution < 1.29 is 13.5 Å². The average molecular weight is 387 g/mol. The summed E-state index contributed by atoms with van der Waals surface area (Å²) in [6.07, 6.45) is 5.40. The fraction of sp³-hybridized carbons (Fsp3) is 0.444. The van der Waals surface area contributed by atoms with Gasteiger partial charge >= 0.3 is 0 Å². The number of fused-ring (bicyclic) bond motifs is 1. The van der Waals surface area contributed by atoms with Crippen LogP contribution in [0.5, 0.6) is 5.75 Å². The third-order valence-corrected chi connectivity index (χ3v) is 5.13. The monoisotopic (exact) mass is 387 g/mol. The predicted octanol–water partition coefficient (Wildman–Crippen LogP) is 1.93. The predicted molar refractivity (Wildman–Crippen MR) is 97.7 cm³/mol. The Morgan fingerprint density at radius 3 is 2.82 bits per heavy atom. The maximum Gasteiger partial charge on any atom is 0.223 e. The summed E-state index contributed by atoms with van der Waals surface area (Å²) >= 11 is 0. The van der Waals surface area contributed by atoms with Crippen LogP contribution in [0.1, 0.15) is 24.5 Å². The van der Waals surface area contributed by atoms with Gasteiger partial charge in [-0.2, -0.15) is 5.10 Å². The van der Waals surface area contributed by atoms with E-state index < -0.39 is 18.0 Å². The van der Waals surface area contributed by atoms with E-state index in [1.165, 1.54) is 6.20 Å². The van der Waals surface area contributed by atoms with Crippen LogP contribution in [0.4, 0.5) is 14.7 Å². The Labute approximate surface area is 159 Å². The van der Waals surface area contributed by atoms with Crippen molar-refractivity contribution in [3.8, 4) is 17.0 Å². The van der Waals surface area contributed by atoms with Gasteiger partial charge < -0.3 is 15.4 Å². The smallest absolute Gasteiger partial charge is 0.223 e. The van der Waals surface area contributed by atoms with Crippen LogP contribution in [-0.4, -0.2) is 57.0 Å². The third-order valence-electron chi connectivity index (χ3n) is 5.13. The number of nitrogens with zero attached hydrogens (tertiary/aromatic N) is 5. The van der Waals surface area contributed by atoms with E-state index in [2.05, 4.69) is 30.7 Å². The van der Waals surface area contributed by atoms with E-state index in [0.717, 1.165) is 24.7 Å². The Hall–Kier alpha value is -2.88. The van der Waals surface area contributed by atoms with Crippen LogP contribution >= 0.6 is 0 Å². The topological polar surface area (TPSA) is 89.3 Å². The molecule has 1 aliphatic carbocycles. The molecule has 10 heteroatoms. The SMILES string of the molecule is COc1cn2ncc(-c3nc(NC4CNCC4F)ncc3F)c2nc1C1CC1. The van der Waals surface area contributed by atoms with Crippen molar-refractivity contribution in [2.75, 3.05) is 25.5 Å². The summed E-state index contributed by atoms with van der Waals surface area (Å²) in [5.74, 6) is 0.597. The molecule has 1 saturated heterocycles. The molecule has 0 spiro atoms. The number of alkyl halides is 1. The van der Waals surface area contributed by atoms with Crippen LogP contribution in [0.25, 0.3) is 16.9 Å². The molecule has 5 rings (SSSR count). The molecule has 8 nitrogen and oxygen atoms in total. The molecule has 1 aliphatic heterocycles. The second-order valence-corrected chi connectivity index (χ2v) is 7.11. The van der Waals surface area contributed by atoms with Gasteiger partial charge in [0.2, 0.25) is 5.95 Å². The summed E-state index contributed by atoms with van der Waals surface area (Å²) in [4.78, 5) is 12.9. The molecular formula is C18H19F2N7O. The molecular weight excluding hydrogens is 368 g/mol. The second-order valence-electron chi connectivity index (χ2n) is 7.11. The molecule has 0 aromatic carbocycles. The van der Waals surface area contributed by atoms with Crippen molar-refractivity contribution >= 4 is 11.6 Å². The highest BCUT2D eigenvalue weighted by Gasteiger charge is 2.30. The fourth-order valence-electron chi connectivity index (χ4n) is 3.46. The summed E-state index contributed by atoms with van der Waals surface area (Å²) < 4.78 is 35.4. The summed E-state index contributed by atoms with van der Waals surface area (Å²) in [7, 11) is 1.59. The Balaban J connectivity index is 1.55. The number of nitrogens with one attached hydrogen (secondary N) is 2. The number of anilines is 1. The van der Waals surface area contributed by atoms with Crippen molar-refractivity contribution in [1.29, 1.82) is 0 Å². The van der Waals surface area contributed by atoms with E-state index >= 15 is 0 Å². The van der Waals surface area contributed by atoms with Gasteiger partial charge in [-0.15, -0.1) is 0 Å².